The van der Waals surface area contributed by atoms with Crippen molar-refractivity contribution < 1.29 is 9.53 Å². The predicted molar refractivity (Wildman–Crippen MR) is 120 cm³/mol. The van der Waals surface area contributed by atoms with Gasteiger partial charge in [0.15, 0.2) is 5.82 Å². The molecule has 1 fully saturated rings. The number of hydrogen-bond donors (Lipinski definition) is 2. The van der Waals surface area contributed by atoms with Crippen molar-refractivity contribution in [2.75, 3.05) is 25.5 Å². The van der Waals surface area contributed by atoms with Gasteiger partial charge in [0.1, 0.15) is 0 Å². The number of anilines is 2. The number of nitrogens with one attached hydrogen (secondary N) is 2. The molecule has 32 heavy (non-hydrogen) atoms. The second-order valence-corrected chi connectivity index (χ2v) is 7.72. The lowest BCUT2D eigenvalue weighted by Gasteiger charge is -2.38. The van der Waals surface area contributed by atoms with Crippen LogP contribution in [-0.4, -0.2) is 62.1 Å². The number of hydrogen-bond acceptors (Lipinski definition) is 6. The number of aromatic nitrogens is 5. The summed E-state index contributed by atoms with van der Waals surface area (Å²) in [6.07, 6.45) is 3.79. The lowest BCUT2D eigenvalue weighted by molar-refractivity contribution is -0.0191. The van der Waals surface area contributed by atoms with Crippen LogP contribution in [0.1, 0.15) is 10.4 Å². The van der Waals surface area contributed by atoms with Gasteiger partial charge in [-0.05, 0) is 29.8 Å². The normalized spacial score (nSPS) is 13.8. The highest BCUT2D eigenvalue weighted by molar-refractivity contribution is 5.95. The van der Waals surface area contributed by atoms with Gasteiger partial charge in [-0.3, -0.25) is 9.89 Å². The van der Waals surface area contributed by atoms with Crippen LogP contribution in [-0.2, 0) is 11.8 Å². The fraction of sp³-hybridized carbons (Fsp3) is 0.217. The third kappa shape index (κ3) is 3.85. The van der Waals surface area contributed by atoms with Gasteiger partial charge in [-0.2, -0.15) is 10.1 Å². The standard InChI is InChI=1S/C23H23N7O2/c1-29-23(26-19-9-7-15(8-10-19)18-11-24-25-12-18)27-21(28-29)16-3-5-17(6-4-16)22(31)30-13-20(14-30)32-2/h3-12,20H,13-14H2,1-2H3,(H,24,25)(H,26,27,28). The Morgan fingerprint density at radius 3 is 2.44 bits per heavy atom. The van der Waals surface area contributed by atoms with E-state index in [1.165, 1.54) is 0 Å². The number of ether oxygens (including phenoxy) is 1. The van der Waals surface area contributed by atoms with Crippen LogP contribution in [0.3, 0.4) is 0 Å². The molecular formula is C23H23N7O2. The third-order valence-electron chi connectivity index (χ3n) is 5.59. The van der Waals surface area contributed by atoms with E-state index in [-0.39, 0.29) is 12.0 Å². The first-order valence-corrected chi connectivity index (χ1v) is 10.3. The summed E-state index contributed by atoms with van der Waals surface area (Å²) in [5, 5.41) is 14.6. The maximum Gasteiger partial charge on any atom is 0.254 e. The summed E-state index contributed by atoms with van der Waals surface area (Å²) < 4.78 is 6.93. The minimum atomic E-state index is 0.0139. The number of aromatic amines is 1. The molecule has 9 nitrogen and oxygen atoms in total. The number of nitrogens with zero attached hydrogens (tertiary/aromatic N) is 5. The van der Waals surface area contributed by atoms with Crippen molar-refractivity contribution in [2.45, 2.75) is 6.10 Å². The van der Waals surface area contributed by atoms with E-state index in [2.05, 4.69) is 25.6 Å². The summed E-state index contributed by atoms with van der Waals surface area (Å²) in [5.74, 6) is 1.23. The first-order chi connectivity index (χ1) is 15.6. The Morgan fingerprint density at radius 2 is 1.78 bits per heavy atom. The molecule has 0 atom stereocenters. The van der Waals surface area contributed by atoms with Gasteiger partial charge in [0, 0.05) is 55.8 Å². The molecule has 4 aromatic rings. The zero-order valence-electron chi connectivity index (χ0n) is 17.8. The second kappa shape index (κ2) is 8.27. The molecule has 0 saturated carbocycles. The highest BCUT2D eigenvalue weighted by Gasteiger charge is 2.31. The molecule has 162 valence electrons. The van der Waals surface area contributed by atoms with E-state index in [4.69, 9.17) is 4.74 Å². The SMILES string of the molecule is COC1CN(C(=O)c2ccc(-c3nc(Nc4ccc(-c5cn[nH]c5)cc4)n(C)n3)cc2)C1. The minimum absolute atomic E-state index is 0.0139. The number of benzene rings is 2. The van der Waals surface area contributed by atoms with Crippen molar-refractivity contribution in [3.05, 3.63) is 66.5 Å². The summed E-state index contributed by atoms with van der Waals surface area (Å²) in [4.78, 5) is 18.9. The van der Waals surface area contributed by atoms with Crippen molar-refractivity contribution in [3.8, 4) is 22.5 Å². The minimum Gasteiger partial charge on any atom is -0.378 e. The van der Waals surface area contributed by atoms with Crippen molar-refractivity contribution >= 4 is 17.5 Å². The van der Waals surface area contributed by atoms with Crippen LogP contribution in [0.4, 0.5) is 11.6 Å². The Labute approximate surface area is 185 Å². The van der Waals surface area contributed by atoms with E-state index in [0.29, 0.717) is 30.4 Å². The highest BCUT2D eigenvalue weighted by Crippen LogP contribution is 2.24. The van der Waals surface area contributed by atoms with E-state index in [1.807, 2.05) is 61.8 Å². The van der Waals surface area contributed by atoms with Gasteiger partial charge in [0.2, 0.25) is 5.95 Å². The van der Waals surface area contributed by atoms with Crippen LogP contribution < -0.4 is 5.32 Å². The molecule has 0 aliphatic carbocycles. The molecule has 1 aliphatic rings. The summed E-state index contributed by atoms with van der Waals surface area (Å²) in [6, 6.07) is 15.4. The molecule has 0 unspecified atom stereocenters. The van der Waals surface area contributed by atoms with Gasteiger partial charge in [-0.15, -0.1) is 5.10 Å². The summed E-state index contributed by atoms with van der Waals surface area (Å²) in [7, 11) is 3.51. The van der Waals surface area contributed by atoms with E-state index in [9.17, 15) is 4.79 Å². The molecular weight excluding hydrogens is 406 g/mol. The molecule has 2 aromatic heterocycles. The number of H-pyrrole nitrogens is 1. The van der Waals surface area contributed by atoms with Gasteiger partial charge >= 0.3 is 0 Å². The molecule has 1 aliphatic heterocycles. The molecule has 9 heteroatoms. The monoisotopic (exact) mass is 429 g/mol. The van der Waals surface area contributed by atoms with Gasteiger partial charge in [-0.1, -0.05) is 24.3 Å². The molecule has 1 amide bonds. The number of carbonyl (C=O) groups is 1. The quantitative estimate of drug-likeness (QED) is 0.489. The Hall–Kier alpha value is -3.98. The summed E-state index contributed by atoms with van der Waals surface area (Å²) >= 11 is 0. The van der Waals surface area contributed by atoms with Crippen molar-refractivity contribution in [3.63, 3.8) is 0 Å². The van der Waals surface area contributed by atoms with E-state index < -0.39 is 0 Å². The number of amides is 1. The number of methoxy groups -OCH3 is 1. The maximum atomic E-state index is 12.5. The van der Waals surface area contributed by atoms with Gasteiger partial charge in [-0.25, -0.2) is 4.68 Å². The number of rotatable bonds is 6. The average molecular weight is 429 g/mol. The van der Waals surface area contributed by atoms with Crippen LogP contribution in [0.15, 0.2) is 60.9 Å². The summed E-state index contributed by atoms with van der Waals surface area (Å²) in [6.45, 7) is 1.27. The number of likely N-dealkylation sites (tertiary alicyclic amines) is 1. The topological polar surface area (TPSA) is 101 Å². The molecule has 0 bridgehead atoms. The molecule has 2 N–H and O–H groups in total. The van der Waals surface area contributed by atoms with Gasteiger partial charge in [0.25, 0.3) is 5.91 Å². The van der Waals surface area contributed by atoms with Crippen LogP contribution in [0, 0.1) is 0 Å². The Bertz CT molecular complexity index is 1210. The largest absolute Gasteiger partial charge is 0.378 e. The van der Waals surface area contributed by atoms with E-state index in [1.54, 1.807) is 22.9 Å². The molecule has 3 heterocycles. The zero-order valence-corrected chi connectivity index (χ0v) is 17.8. The molecule has 0 radical (unpaired) electrons. The van der Waals surface area contributed by atoms with E-state index >= 15 is 0 Å². The van der Waals surface area contributed by atoms with Crippen molar-refractivity contribution in [1.82, 2.24) is 29.9 Å². The van der Waals surface area contributed by atoms with Crippen LogP contribution >= 0.6 is 0 Å². The number of aryl methyl sites for hydroxylation is 1. The lowest BCUT2D eigenvalue weighted by atomic mass is 10.1. The van der Waals surface area contributed by atoms with Crippen LogP contribution in [0.5, 0.6) is 0 Å². The van der Waals surface area contributed by atoms with E-state index in [0.717, 1.165) is 22.4 Å². The highest BCUT2D eigenvalue weighted by atomic mass is 16.5. The van der Waals surface area contributed by atoms with Crippen molar-refractivity contribution in [1.29, 1.82) is 0 Å². The van der Waals surface area contributed by atoms with Gasteiger partial charge < -0.3 is 15.0 Å². The Kier molecular flexibility index (Phi) is 5.16. The summed E-state index contributed by atoms with van der Waals surface area (Å²) in [5.41, 5.74) is 4.51. The second-order valence-electron chi connectivity index (χ2n) is 7.72. The first-order valence-electron chi connectivity index (χ1n) is 10.3. The molecule has 5 rings (SSSR count). The van der Waals surface area contributed by atoms with Crippen molar-refractivity contribution in [2.24, 2.45) is 7.05 Å². The third-order valence-corrected chi connectivity index (χ3v) is 5.59. The zero-order chi connectivity index (χ0) is 22.1. The lowest BCUT2D eigenvalue weighted by Crippen LogP contribution is -2.54. The van der Waals surface area contributed by atoms with Crippen LogP contribution in [0.25, 0.3) is 22.5 Å². The Balaban J connectivity index is 1.27. The Morgan fingerprint density at radius 1 is 1.06 bits per heavy atom. The average Bonchev–Trinajstić information content (AvgIpc) is 3.44. The number of carbonyl (C=O) groups excluding carboxylic acids is 1. The van der Waals surface area contributed by atoms with Crippen LogP contribution in [0.2, 0.25) is 0 Å². The molecule has 2 aromatic carbocycles. The smallest absolute Gasteiger partial charge is 0.254 e. The fourth-order valence-corrected chi connectivity index (χ4v) is 3.60. The molecule has 0 spiro atoms. The fourth-order valence-electron chi connectivity index (χ4n) is 3.60. The predicted octanol–water partition coefficient (Wildman–Crippen LogP) is 3.09. The maximum absolute atomic E-state index is 12.5. The van der Waals surface area contributed by atoms with Gasteiger partial charge in [0.05, 0.1) is 12.3 Å². The first kappa shape index (κ1) is 20.0. The molecule has 1 saturated heterocycles.